The molecule has 31 heavy (non-hydrogen) atoms. The molecule has 1 atom stereocenters. The molecule has 0 aromatic heterocycles. The second kappa shape index (κ2) is 9.57. The third kappa shape index (κ3) is 5.11. The minimum Gasteiger partial charge on any atom is -0.493 e. The van der Waals surface area contributed by atoms with Crippen molar-refractivity contribution in [3.63, 3.8) is 0 Å². The van der Waals surface area contributed by atoms with Crippen LogP contribution in [0.2, 0.25) is 0 Å². The Labute approximate surface area is 183 Å². The lowest BCUT2D eigenvalue weighted by molar-refractivity contribution is 0.167. The molecule has 0 spiro atoms. The molecule has 0 bridgehead atoms. The smallest absolute Gasteiger partial charge is 0.318 e. The molecule has 1 aliphatic rings. The second-order valence-electron chi connectivity index (χ2n) is 7.63. The van der Waals surface area contributed by atoms with E-state index in [-0.39, 0.29) is 23.5 Å². The lowest BCUT2D eigenvalue weighted by Gasteiger charge is -2.38. The summed E-state index contributed by atoms with van der Waals surface area (Å²) in [6, 6.07) is 11.1. The first kappa shape index (κ1) is 22.9. The van der Waals surface area contributed by atoms with Gasteiger partial charge in [0.05, 0.1) is 25.2 Å². The predicted molar refractivity (Wildman–Crippen MR) is 118 cm³/mol. The lowest BCUT2D eigenvalue weighted by Crippen LogP contribution is -2.50. The van der Waals surface area contributed by atoms with Crippen LogP contribution in [0.5, 0.6) is 11.5 Å². The molecule has 1 aliphatic heterocycles. The molecule has 0 fully saturated rings. The number of rotatable bonds is 7. The highest BCUT2D eigenvalue weighted by molar-refractivity contribution is 7.89. The summed E-state index contributed by atoms with van der Waals surface area (Å²) in [6.45, 7) is 4.26. The molecule has 0 aliphatic carbocycles. The molecule has 2 aromatic carbocycles. The van der Waals surface area contributed by atoms with Crippen LogP contribution < -0.4 is 19.5 Å². The number of urea groups is 1. The van der Waals surface area contributed by atoms with E-state index >= 15 is 0 Å². The number of methoxy groups -OCH3 is 2. The number of ether oxygens (including phenoxy) is 2. The number of nitrogens with zero attached hydrogens (tertiary/aromatic N) is 1. The molecular weight excluding hydrogens is 418 g/mol. The van der Waals surface area contributed by atoms with E-state index in [1.807, 2.05) is 26.0 Å². The van der Waals surface area contributed by atoms with Crippen LogP contribution in [-0.2, 0) is 16.4 Å². The van der Waals surface area contributed by atoms with Crippen molar-refractivity contribution in [1.82, 2.24) is 14.9 Å². The Kier molecular flexibility index (Phi) is 7.07. The van der Waals surface area contributed by atoms with E-state index in [2.05, 4.69) is 10.0 Å². The lowest BCUT2D eigenvalue weighted by atomic mass is 9.92. The molecule has 3 rings (SSSR count). The highest BCUT2D eigenvalue weighted by Gasteiger charge is 2.33. The number of benzene rings is 2. The number of sulfonamides is 1. The van der Waals surface area contributed by atoms with Crippen LogP contribution in [0.1, 0.15) is 31.0 Å². The minimum atomic E-state index is -3.73. The van der Waals surface area contributed by atoms with Gasteiger partial charge in [0.15, 0.2) is 11.5 Å². The normalized spacial score (nSPS) is 16.0. The van der Waals surface area contributed by atoms with Crippen LogP contribution in [0, 0.1) is 0 Å². The standard InChI is InChI=1S/C22H29N3O5S/c1-15(2)24-22(26)25-11-10-16-12-20(29-3)21(30-4)13-18(16)19(25)14-23-31(27,28)17-8-6-5-7-9-17/h5-9,12-13,15,19,23H,10-11,14H2,1-4H3,(H,24,26). The Hall–Kier alpha value is -2.78. The average Bonchev–Trinajstić information content (AvgIpc) is 2.76. The first-order valence-electron chi connectivity index (χ1n) is 10.1. The molecule has 2 N–H and O–H groups in total. The molecule has 168 valence electrons. The predicted octanol–water partition coefficient (Wildman–Crippen LogP) is 2.70. The van der Waals surface area contributed by atoms with Gasteiger partial charge in [0.25, 0.3) is 0 Å². The summed E-state index contributed by atoms with van der Waals surface area (Å²) in [7, 11) is -0.612. The van der Waals surface area contributed by atoms with Gasteiger partial charge in [-0.3, -0.25) is 0 Å². The van der Waals surface area contributed by atoms with Crippen molar-refractivity contribution >= 4 is 16.1 Å². The van der Waals surface area contributed by atoms with Gasteiger partial charge in [0, 0.05) is 19.1 Å². The van der Waals surface area contributed by atoms with E-state index in [4.69, 9.17) is 9.47 Å². The van der Waals surface area contributed by atoms with E-state index in [1.165, 1.54) is 12.1 Å². The van der Waals surface area contributed by atoms with Gasteiger partial charge in [0.1, 0.15) is 0 Å². The minimum absolute atomic E-state index is 0.0330. The molecule has 0 radical (unpaired) electrons. The Morgan fingerprint density at radius 2 is 1.77 bits per heavy atom. The van der Waals surface area contributed by atoms with Gasteiger partial charge in [-0.1, -0.05) is 18.2 Å². The van der Waals surface area contributed by atoms with Crippen molar-refractivity contribution < 1.29 is 22.7 Å². The fourth-order valence-corrected chi connectivity index (χ4v) is 4.75. The van der Waals surface area contributed by atoms with Gasteiger partial charge in [-0.25, -0.2) is 17.9 Å². The van der Waals surface area contributed by atoms with E-state index in [0.717, 1.165) is 11.1 Å². The van der Waals surface area contributed by atoms with Crippen LogP contribution >= 0.6 is 0 Å². The largest absolute Gasteiger partial charge is 0.493 e. The molecule has 0 saturated carbocycles. The molecule has 8 nitrogen and oxygen atoms in total. The summed E-state index contributed by atoms with van der Waals surface area (Å²) in [5.74, 6) is 1.13. The number of hydrogen-bond acceptors (Lipinski definition) is 5. The Morgan fingerprint density at radius 3 is 2.39 bits per heavy atom. The van der Waals surface area contributed by atoms with Crippen molar-refractivity contribution in [2.45, 2.75) is 37.2 Å². The topological polar surface area (TPSA) is 97.0 Å². The quantitative estimate of drug-likeness (QED) is 0.680. The van der Waals surface area contributed by atoms with Gasteiger partial charge < -0.3 is 19.7 Å². The maximum Gasteiger partial charge on any atom is 0.318 e. The van der Waals surface area contributed by atoms with E-state index in [1.54, 1.807) is 37.3 Å². The fraction of sp³-hybridized carbons (Fsp3) is 0.409. The highest BCUT2D eigenvalue weighted by atomic mass is 32.2. The third-order valence-corrected chi connectivity index (χ3v) is 6.64. The van der Waals surface area contributed by atoms with Crippen molar-refractivity contribution in [2.75, 3.05) is 27.3 Å². The first-order valence-corrected chi connectivity index (χ1v) is 11.6. The van der Waals surface area contributed by atoms with Crippen molar-refractivity contribution in [2.24, 2.45) is 0 Å². The summed E-state index contributed by atoms with van der Waals surface area (Å²) in [5, 5.41) is 2.91. The number of hydrogen-bond donors (Lipinski definition) is 2. The zero-order valence-electron chi connectivity index (χ0n) is 18.2. The SMILES string of the molecule is COc1cc2c(cc1OC)C(CNS(=O)(=O)c1ccccc1)N(C(=O)NC(C)C)CC2. The molecule has 1 unspecified atom stereocenters. The summed E-state index contributed by atoms with van der Waals surface area (Å²) in [4.78, 5) is 14.7. The van der Waals surface area contributed by atoms with Gasteiger partial charge in [-0.15, -0.1) is 0 Å². The second-order valence-corrected chi connectivity index (χ2v) is 9.40. The average molecular weight is 448 g/mol. The zero-order valence-corrected chi connectivity index (χ0v) is 19.0. The number of nitrogens with one attached hydrogen (secondary N) is 2. The first-order chi connectivity index (χ1) is 14.8. The van der Waals surface area contributed by atoms with E-state index in [9.17, 15) is 13.2 Å². The van der Waals surface area contributed by atoms with Crippen molar-refractivity contribution in [3.8, 4) is 11.5 Å². The maximum absolute atomic E-state index is 12.9. The van der Waals surface area contributed by atoms with Crippen molar-refractivity contribution in [3.05, 3.63) is 53.6 Å². The maximum atomic E-state index is 12.9. The zero-order chi connectivity index (χ0) is 22.6. The molecule has 2 aromatic rings. The van der Waals surface area contributed by atoms with E-state index in [0.29, 0.717) is 24.5 Å². The Balaban J connectivity index is 1.96. The van der Waals surface area contributed by atoms with Crippen LogP contribution in [0.25, 0.3) is 0 Å². The Bertz CT molecular complexity index is 1020. The number of fused-ring (bicyclic) bond motifs is 1. The fourth-order valence-electron chi connectivity index (χ4n) is 3.69. The van der Waals surface area contributed by atoms with Gasteiger partial charge in [-0.05, 0) is 55.7 Å². The van der Waals surface area contributed by atoms with Crippen LogP contribution in [0.3, 0.4) is 0 Å². The highest BCUT2D eigenvalue weighted by Crippen LogP contribution is 2.38. The number of amides is 2. The Morgan fingerprint density at radius 1 is 1.13 bits per heavy atom. The summed E-state index contributed by atoms with van der Waals surface area (Å²) in [5.41, 5.74) is 1.83. The molecule has 1 heterocycles. The van der Waals surface area contributed by atoms with Crippen molar-refractivity contribution in [1.29, 1.82) is 0 Å². The van der Waals surface area contributed by atoms with Crippen LogP contribution in [0.15, 0.2) is 47.4 Å². The number of carbonyl (C=O) groups is 1. The summed E-state index contributed by atoms with van der Waals surface area (Å²) < 4.78 is 39.1. The third-order valence-electron chi connectivity index (χ3n) is 5.20. The monoisotopic (exact) mass is 447 g/mol. The van der Waals surface area contributed by atoms with Gasteiger partial charge in [-0.2, -0.15) is 0 Å². The molecule has 2 amide bonds. The molecule has 0 saturated heterocycles. The number of carbonyl (C=O) groups excluding carboxylic acids is 1. The van der Waals surface area contributed by atoms with Gasteiger partial charge in [0.2, 0.25) is 10.0 Å². The summed E-state index contributed by atoms with van der Waals surface area (Å²) >= 11 is 0. The van der Waals surface area contributed by atoms with E-state index < -0.39 is 16.1 Å². The van der Waals surface area contributed by atoms with Gasteiger partial charge >= 0.3 is 6.03 Å². The molecular formula is C22H29N3O5S. The van der Waals surface area contributed by atoms with Crippen LogP contribution in [0.4, 0.5) is 4.79 Å². The van der Waals surface area contributed by atoms with Crippen LogP contribution in [-0.4, -0.2) is 52.7 Å². The molecule has 9 heteroatoms. The summed E-state index contributed by atoms with van der Waals surface area (Å²) in [6.07, 6.45) is 0.628.